The molecule has 9 rings (SSSR count). The van der Waals surface area contributed by atoms with Crippen LogP contribution >= 0.6 is 0 Å². The van der Waals surface area contributed by atoms with Crippen LogP contribution in [0.5, 0.6) is 23.0 Å². The molecule has 1 saturated carbocycles. The van der Waals surface area contributed by atoms with E-state index in [-0.39, 0.29) is 23.6 Å². The lowest BCUT2D eigenvalue weighted by atomic mass is 9.89. The van der Waals surface area contributed by atoms with Crippen molar-refractivity contribution < 1.29 is 19.7 Å². The van der Waals surface area contributed by atoms with Crippen LogP contribution < -0.4 is 14.8 Å². The molecule has 0 radical (unpaired) electrons. The fourth-order valence-corrected chi connectivity index (χ4v) is 8.80. The third kappa shape index (κ3) is 6.26. The minimum Gasteiger partial charge on any atom is -0.507 e. The second kappa shape index (κ2) is 15.0. The van der Waals surface area contributed by atoms with Crippen LogP contribution in [-0.2, 0) is 6.54 Å². The maximum Gasteiger partial charge on any atom is 0.132 e. The molecule has 0 bridgehead atoms. The smallest absolute Gasteiger partial charge is 0.132 e. The second-order valence-electron chi connectivity index (χ2n) is 14.7. The summed E-state index contributed by atoms with van der Waals surface area (Å²) in [5.41, 5.74) is 4.75. The lowest BCUT2D eigenvalue weighted by Gasteiger charge is -2.30. The van der Waals surface area contributed by atoms with Crippen LogP contribution in [0.1, 0.15) is 36.8 Å². The highest BCUT2D eigenvalue weighted by Gasteiger charge is 2.26. The van der Waals surface area contributed by atoms with E-state index in [9.17, 15) is 10.2 Å². The lowest BCUT2D eigenvalue weighted by molar-refractivity contribution is 0.327. The molecule has 6 heteroatoms. The SMILES string of the molecule is COc1ccc2ccccc2c1-c1c(O)c(C=N[C@@H]2CCCCC2NCc2cc3ccccc3c(-c3c(OC)ccc4ccccc34)c2O)cc2ccccc12. The van der Waals surface area contributed by atoms with Crippen molar-refractivity contribution in [3.05, 3.63) is 145 Å². The maximum atomic E-state index is 12.1. The van der Waals surface area contributed by atoms with Crippen molar-refractivity contribution >= 4 is 49.3 Å². The molecule has 0 heterocycles. The normalized spacial score (nSPS) is 16.0. The number of aromatic hydroxyl groups is 2. The van der Waals surface area contributed by atoms with Crippen LogP contribution in [0.3, 0.4) is 0 Å². The number of rotatable bonds is 9. The summed E-state index contributed by atoms with van der Waals surface area (Å²) in [6.45, 7) is 0.472. The zero-order chi connectivity index (χ0) is 38.2. The molecule has 1 aliphatic rings. The van der Waals surface area contributed by atoms with Crippen molar-refractivity contribution in [2.24, 2.45) is 4.99 Å². The Balaban J connectivity index is 1.07. The molecule has 56 heavy (non-hydrogen) atoms. The van der Waals surface area contributed by atoms with Crippen LogP contribution in [0, 0.1) is 0 Å². The van der Waals surface area contributed by atoms with Crippen LogP contribution in [0.15, 0.2) is 138 Å². The monoisotopic (exact) mass is 736 g/mol. The molecule has 8 aromatic rings. The predicted octanol–water partition coefficient (Wildman–Crippen LogP) is 11.6. The third-order valence-corrected chi connectivity index (χ3v) is 11.6. The summed E-state index contributed by atoms with van der Waals surface area (Å²) in [7, 11) is 3.36. The van der Waals surface area contributed by atoms with Crippen LogP contribution in [0.2, 0.25) is 0 Å². The third-order valence-electron chi connectivity index (χ3n) is 11.6. The van der Waals surface area contributed by atoms with Gasteiger partial charge in [0.2, 0.25) is 0 Å². The Morgan fingerprint density at radius 1 is 0.571 bits per heavy atom. The second-order valence-corrected chi connectivity index (χ2v) is 14.7. The largest absolute Gasteiger partial charge is 0.507 e. The molecule has 1 unspecified atom stereocenters. The van der Waals surface area contributed by atoms with Gasteiger partial charge in [-0.05, 0) is 80.2 Å². The summed E-state index contributed by atoms with van der Waals surface area (Å²) in [5.74, 6) is 1.85. The Bertz CT molecular complexity index is 2790. The van der Waals surface area contributed by atoms with Gasteiger partial charge in [0, 0.05) is 52.2 Å². The van der Waals surface area contributed by atoms with E-state index in [1.807, 2.05) is 72.9 Å². The van der Waals surface area contributed by atoms with E-state index < -0.39 is 0 Å². The molecule has 3 N–H and O–H groups in total. The molecule has 8 aromatic carbocycles. The molecular formula is C50H44N2O4. The van der Waals surface area contributed by atoms with Crippen molar-refractivity contribution in [1.82, 2.24) is 5.32 Å². The lowest BCUT2D eigenvalue weighted by Crippen LogP contribution is -2.40. The van der Waals surface area contributed by atoms with Gasteiger partial charge < -0.3 is 25.0 Å². The average molecular weight is 737 g/mol. The standard InChI is InChI=1S/C50H44N2O4/c1-55-43-25-23-31-13-3-7-17-37(31)45(43)47-39-19-9-5-15-33(39)27-35(49(47)53)29-51-41-21-11-12-22-42(41)52-30-36-28-34-16-6-10-20-40(34)48(50(36)54)46-38-18-8-4-14-32(38)24-26-44(46)56-2/h3-10,13-20,23-29,41-42,52-54H,11-12,21-22,30H2,1-2H3/t41-,42?/m1/s1. The van der Waals surface area contributed by atoms with E-state index in [1.54, 1.807) is 14.2 Å². The van der Waals surface area contributed by atoms with Crippen molar-refractivity contribution in [3.63, 3.8) is 0 Å². The van der Waals surface area contributed by atoms with Gasteiger partial charge in [0.15, 0.2) is 0 Å². The first-order valence-corrected chi connectivity index (χ1v) is 19.4. The fraction of sp³-hybridized carbons (Fsp3) is 0.180. The number of hydrogen-bond acceptors (Lipinski definition) is 6. The molecule has 0 spiro atoms. The first kappa shape index (κ1) is 35.3. The van der Waals surface area contributed by atoms with E-state index >= 15 is 0 Å². The Morgan fingerprint density at radius 3 is 1.62 bits per heavy atom. The van der Waals surface area contributed by atoms with Crippen LogP contribution in [0.4, 0.5) is 0 Å². The highest BCUT2D eigenvalue weighted by molar-refractivity contribution is 6.13. The van der Waals surface area contributed by atoms with Crippen LogP contribution in [0.25, 0.3) is 65.3 Å². The molecule has 1 aliphatic carbocycles. The average Bonchev–Trinajstić information content (AvgIpc) is 3.25. The number of nitrogens with zero attached hydrogens (tertiary/aromatic N) is 1. The van der Waals surface area contributed by atoms with Crippen molar-refractivity contribution in [1.29, 1.82) is 0 Å². The molecule has 0 saturated heterocycles. The Morgan fingerprint density at radius 2 is 1.05 bits per heavy atom. The molecule has 6 nitrogen and oxygen atoms in total. The van der Waals surface area contributed by atoms with Gasteiger partial charge in [-0.15, -0.1) is 0 Å². The maximum absolute atomic E-state index is 12.1. The first-order valence-electron chi connectivity index (χ1n) is 19.4. The zero-order valence-electron chi connectivity index (χ0n) is 31.6. The Labute approximate surface area is 326 Å². The molecule has 0 aliphatic heterocycles. The molecule has 278 valence electrons. The van der Waals surface area contributed by atoms with E-state index in [4.69, 9.17) is 14.5 Å². The highest BCUT2D eigenvalue weighted by atomic mass is 16.5. The summed E-state index contributed by atoms with van der Waals surface area (Å²) in [4.78, 5) is 5.19. The Hall–Kier alpha value is -6.37. The number of phenols is 2. The van der Waals surface area contributed by atoms with E-state index in [2.05, 4.69) is 72.0 Å². The van der Waals surface area contributed by atoms with E-state index in [0.29, 0.717) is 17.9 Å². The molecule has 0 aromatic heterocycles. The fourth-order valence-electron chi connectivity index (χ4n) is 8.80. The van der Waals surface area contributed by atoms with Crippen molar-refractivity contribution in [2.75, 3.05) is 14.2 Å². The number of fused-ring (bicyclic) bond motifs is 4. The van der Waals surface area contributed by atoms with Gasteiger partial charge in [-0.25, -0.2) is 0 Å². The summed E-state index contributed by atoms with van der Waals surface area (Å²) in [5, 5.41) is 36.2. The molecule has 0 amide bonds. The van der Waals surface area contributed by atoms with Crippen LogP contribution in [-0.4, -0.2) is 42.7 Å². The van der Waals surface area contributed by atoms with Crippen molar-refractivity contribution in [3.8, 4) is 45.3 Å². The number of hydrogen-bond donors (Lipinski definition) is 3. The highest BCUT2D eigenvalue weighted by Crippen LogP contribution is 2.48. The zero-order valence-corrected chi connectivity index (χ0v) is 31.6. The van der Waals surface area contributed by atoms with Crippen molar-refractivity contribution in [2.45, 2.75) is 44.3 Å². The number of aliphatic imine (C=N–C) groups is 1. The van der Waals surface area contributed by atoms with Gasteiger partial charge in [0.05, 0.1) is 20.3 Å². The van der Waals surface area contributed by atoms with E-state index in [1.165, 1.54) is 0 Å². The predicted molar refractivity (Wildman–Crippen MR) is 231 cm³/mol. The van der Waals surface area contributed by atoms with Gasteiger partial charge in [-0.2, -0.15) is 0 Å². The Kier molecular flexibility index (Phi) is 9.49. The number of ether oxygens (including phenoxy) is 2. The van der Waals surface area contributed by atoms with Gasteiger partial charge in [-0.3, -0.25) is 4.99 Å². The molecule has 2 atom stereocenters. The first-order chi connectivity index (χ1) is 27.5. The number of methoxy groups -OCH3 is 2. The van der Waals surface area contributed by atoms with Gasteiger partial charge in [-0.1, -0.05) is 122 Å². The molecular weight excluding hydrogens is 693 g/mol. The quantitative estimate of drug-likeness (QED) is 0.129. The number of benzene rings is 8. The minimum absolute atomic E-state index is 0.00890. The van der Waals surface area contributed by atoms with Gasteiger partial charge >= 0.3 is 0 Å². The van der Waals surface area contributed by atoms with Gasteiger partial charge in [0.1, 0.15) is 23.0 Å². The summed E-state index contributed by atoms with van der Waals surface area (Å²) >= 11 is 0. The molecule has 1 fully saturated rings. The topological polar surface area (TPSA) is 83.3 Å². The number of nitrogens with one attached hydrogen (secondary N) is 1. The van der Waals surface area contributed by atoms with E-state index in [0.717, 1.165) is 102 Å². The summed E-state index contributed by atoms with van der Waals surface area (Å²) in [6, 6.07) is 45.1. The number of phenolic OH excluding ortho intramolecular Hbond substituents is 2. The summed E-state index contributed by atoms with van der Waals surface area (Å²) in [6.07, 6.45) is 5.91. The minimum atomic E-state index is -0.00890. The van der Waals surface area contributed by atoms with Gasteiger partial charge in [0.25, 0.3) is 0 Å². The summed E-state index contributed by atoms with van der Waals surface area (Å²) < 4.78 is 11.8.